The van der Waals surface area contributed by atoms with Crippen LogP contribution in [0.1, 0.15) is 15.9 Å². The van der Waals surface area contributed by atoms with E-state index in [1.165, 1.54) is 18.2 Å². The van der Waals surface area contributed by atoms with E-state index in [1.807, 2.05) is 0 Å². The van der Waals surface area contributed by atoms with Crippen LogP contribution in [0.25, 0.3) is 0 Å². The molecule has 1 aromatic carbocycles. The Labute approximate surface area is 91.3 Å². The molecule has 0 aliphatic rings. The third-order valence-electron chi connectivity index (χ3n) is 1.88. The molecule has 0 aromatic heterocycles. The number of nitrogens with two attached hydrogens (primary N) is 1. The Morgan fingerprint density at radius 2 is 2.06 bits per heavy atom. The zero-order valence-electron chi connectivity index (χ0n) is 8.34. The molecule has 6 nitrogen and oxygen atoms in total. The fourth-order valence-electron chi connectivity index (χ4n) is 1.05. The number of carboxylic acids is 1. The van der Waals surface area contributed by atoms with Crippen LogP contribution in [0.5, 0.6) is 5.75 Å². The molecule has 86 valence electrons. The third-order valence-corrected chi connectivity index (χ3v) is 1.88. The van der Waals surface area contributed by atoms with Crippen LogP contribution in [0.15, 0.2) is 18.2 Å². The van der Waals surface area contributed by atoms with Gasteiger partial charge in [-0.1, -0.05) is 0 Å². The number of esters is 1. The molecule has 0 unspecified atom stereocenters. The van der Waals surface area contributed by atoms with Crippen molar-refractivity contribution in [3.63, 3.8) is 0 Å². The molecule has 0 amide bonds. The summed E-state index contributed by atoms with van der Waals surface area (Å²) >= 11 is 0. The molecule has 4 N–H and O–H groups in total. The van der Waals surface area contributed by atoms with Gasteiger partial charge < -0.3 is 20.7 Å². The predicted molar refractivity (Wildman–Crippen MR) is 53.9 cm³/mol. The Balaban J connectivity index is 2.82. The van der Waals surface area contributed by atoms with Crippen LogP contribution < -0.4 is 5.73 Å². The lowest BCUT2D eigenvalue weighted by atomic mass is 10.1. The zero-order valence-corrected chi connectivity index (χ0v) is 8.34. The number of carbonyl (C=O) groups is 2. The van der Waals surface area contributed by atoms with E-state index in [-0.39, 0.29) is 30.0 Å². The maximum absolute atomic E-state index is 10.8. The van der Waals surface area contributed by atoms with Crippen molar-refractivity contribution in [2.24, 2.45) is 5.73 Å². The summed E-state index contributed by atoms with van der Waals surface area (Å²) in [6, 6.07) is 3.72. The first kappa shape index (κ1) is 12.0. The van der Waals surface area contributed by atoms with Crippen LogP contribution in [0, 0.1) is 0 Å². The Hall–Kier alpha value is -2.08. The van der Waals surface area contributed by atoms with Gasteiger partial charge in [0.15, 0.2) is 0 Å². The molecule has 0 spiro atoms. The minimum absolute atomic E-state index is 0.0107. The second-order valence-corrected chi connectivity index (χ2v) is 3.01. The van der Waals surface area contributed by atoms with Gasteiger partial charge in [0.25, 0.3) is 0 Å². The summed E-state index contributed by atoms with van der Waals surface area (Å²) < 4.78 is 4.68. The molecule has 0 atom stereocenters. The lowest BCUT2D eigenvalue weighted by Crippen LogP contribution is -2.16. The second kappa shape index (κ2) is 5.13. The number of hydrogen-bond acceptors (Lipinski definition) is 5. The molecule has 16 heavy (non-hydrogen) atoms. The first-order chi connectivity index (χ1) is 7.54. The van der Waals surface area contributed by atoms with Crippen molar-refractivity contribution in [3.8, 4) is 5.75 Å². The summed E-state index contributed by atoms with van der Waals surface area (Å²) in [4.78, 5) is 21.4. The molecule has 6 heteroatoms. The van der Waals surface area contributed by atoms with Gasteiger partial charge in [0.2, 0.25) is 0 Å². The van der Waals surface area contributed by atoms with Gasteiger partial charge >= 0.3 is 11.9 Å². The van der Waals surface area contributed by atoms with Gasteiger partial charge in [-0.2, -0.15) is 0 Å². The highest BCUT2D eigenvalue weighted by Crippen LogP contribution is 2.19. The minimum Gasteiger partial charge on any atom is -0.508 e. The molecule has 0 saturated carbocycles. The van der Waals surface area contributed by atoms with E-state index in [0.717, 1.165) is 0 Å². The highest BCUT2D eigenvalue weighted by molar-refractivity contribution is 5.88. The van der Waals surface area contributed by atoms with Crippen molar-refractivity contribution in [1.29, 1.82) is 0 Å². The lowest BCUT2D eigenvalue weighted by Gasteiger charge is -2.06. The van der Waals surface area contributed by atoms with Crippen LogP contribution in [0.3, 0.4) is 0 Å². The summed E-state index contributed by atoms with van der Waals surface area (Å²) in [5, 5.41) is 18.1. The summed E-state index contributed by atoms with van der Waals surface area (Å²) in [6.45, 7) is -0.470. The summed E-state index contributed by atoms with van der Waals surface area (Å²) in [5.74, 6) is -1.87. The SMILES string of the molecule is NCC(=O)OCc1cc(C(=O)O)ccc1O. The maximum atomic E-state index is 10.8. The van der Waals surface area contributed by atoms with Gasteiger partial charge in [0.05, 0.1) is 12.1 Å². The second-order valence-electron chi connectivity index (χ2n) is 3.01. The Morgan fingerprint density at radius 1 is 1.38 bits per heavy atom. The molecule has 0 saturated heterocycles. The van der Waals surface area contributed by atoms with Crippen LogP contribution in [0.4, 0.5) is 0 Å². The van der Waals surface area contributed by atoms with Gasteiger partial charge in [-0.3, -0.25) is 4.79 Å². The van der Waals surface area contributed by atoms with E-state index in [4.69, 9.17) is 10.8 Å². The van der Waals surface area contributed by atoms with E-state index < -0.39 is 11.9 Å². The largest absolute Gasteiger partial charge is 0.508 e. The van der Waals surface area contributed by atoms with E-state index in [2.05, 4.69) is 4.74 Å². The predicted octanol–water partition coefficient (Wildman–Crippen LogP) is 0.0923. The molecule has 0 radical (unpaired) electrons. The number of hydrogen-bond donors (Lipinski definition) is 3. The molecule has 0 bridgehead atoms. The Morgan fingerprint density at radius 3 is 2.62 bits per heavy atom. The van der Waals surface area contributed by atoms with Gasteiger partial charge in [-0.15, -0.1) is 0 Å². The fourth-order valence-corrected chi connectivity index (χ4v) is 1.05. The molecule has 0 heterocycles. The molecule has 1 rings (SSSR count). The average molecular weight is 225 g/mol. The van der Waals surface area contributed by atoms with E-state index in [9.17, 15) is 14.7 Å². The summed E-state index contributed by atoms with van der Waals surface area (Å²) in [7, 11) is 0. The Bertz CT molecular complexity index is 416. The first-order valence-electron chi connectivity index (χ1n) is 4.45. The number of ether oxygens (including phenoxy) is 1. The van der Waals surface area contributed by atoms with Gasteiger partial charge in [-0.05, 0) is 18.2 Å². The molecular formula is C10H11NO5. The molecule has 1 aromatic rings. The monoisotopic (exact) mass is 225 g/mol. The molecule has 0 aliphatic carbocycles. The van der Waals surface area contributed by atoms with E-state index in [0.29, 0.717) is 0 Å². The van der Waals surface area contributed by atoms with Crippen molar-refractivity contribution in [2.75, 3.05) is 6.54 Å². The zero-order chi connectivity index (χ0) is 12.1. The van der Waals surface area contributed by atoms with Gasteiger partial charge in [0.1, 0.15) is 12.4 Å². The van der Waals surface area contributed by atoms with Crippen LogP contribution in [-0.2, 0) is 16.1 Å². The average Bonchev–Trinajstić information content (AvgIpc) is 2.27. The first-order valence-corrected chi connectivity index (χ1v) is 4.45. The van der Waals surface area contributed by atoms with Crippen molar-refractivity contribution >= 4 is 11.9 Å². The number of carboxylic acid groups (broad SMARTS) is 1. The van der Waals surface area contributed by atoms with Crippen molar-refractivity contribution in [2.45, 2.75) is 6.61 Å². The number of carbonyl (C=O) groups excluding carboxylic acids is 1. The van der Waals surface area contributed by atoms with E-state index in [1.54, 1.807) is 0 Å². The number of phenols is 1. The van der Waals surface area contributed by atoms with Crippen LogP contribution in [0.2, 0.25) is 0 Å². The number of phenolic OH excluding ortho intramolecular Hbond substituents is 1. The Kier molecular flexibility index (Phi) is 3.84. The summed E-state index contributed by atoms with van der Waals surface area (Å²) in [6.07, 6.45) is 0. The topological polar surface area (TPSA) is 110 Å². The number of aromatic carboxylic acids is 1. The molecular weight excluding hydrogens is 214 g/mol. The fraction of sp³-hybridized carbons (Fsp3) is 0.200. The number of benzene rings is 1. The highest BCUT2D eigenvalue weighted by Gasteiger charge is 2.09. The lowest BCUT2D eigenvalue weighted by molar-refractivity contribution is -0.143. The molecule has 0 fully saturated rings. The smallest absolute Gasteiger partial charge is 0.335 e. The van der Waals surface area contributed by atoms with E-state index >= 15 is 0 Å². The normalized spacial score (nSPS) is 9.81. The van der Waals surface area contributed by atoms with Crippen LogP contribution >= 0.6 is 0 Å². The third kappa shape index (κ3) is 2.96. The van der Waals surface area contributed by atoms with Crippen molar-refractivity contribution in [3.05, 3.63) is 29.3 Å². The standard InChI is InChI=1S/C10H11NO5/c11-4-9(13)16-5-7-3-6(10(14)15)1-2-8(7)12/h1-3,12H,4-5,11H2,(H,14,15). The van der Waals surface area contributed by atoms with Crippen molar-refractivity contribution < 1.29 is 24.5 Å². The quantitative estimate of drug-likeness (QED) is 0.626. The molecule has 0 aliphatic heterocycles. The minimum atomic E-state index is -1.12. The number of aromatic hydroxyl groups is 1. The maximum Gasteiger partial charge on any atom is 0.335 e. The number of rotatable bonds is 4. The van der Waals surface area contributed by atoms with Gasteiger partial charge in [-0.25, -0.2) is 4.79 Å². The van der Waals surface area contributed by atoms with Crippen molar-refractivity contribution in [1.82, 2.24) is 0 Å². The van der Waals surface area contributed by atoms with Gasteiger partial charge in [0, 0.05) is 5.56 Å². The summed E-state index contributed by atoms with van der Waals surface area (Å²) in [5.41, 5.74) is 5.26. The van der Waals surface area contributed by atoms with Crippen LogP contribution in [-0.4, -0.2) is 28.7 Å². The highest BCUT2D eigenvalue weighted by atomic mass is 16.5.